The van der Waals surface area contributed by atoms with Crippen LogP contribution in [0.15, 0.2) is 0 Å². The molecule has 1 fully saturated rings. The van der Waals surface area contributed by atoms with Crippen LogP contribution in [0.3, 0.4) is 0 Å². The molecule has 0 radical (unpaired) electrons. The number of ether oxygens (including phenoxy) is 1. The summed E-state index contributed by atoms with van der Waals surface area (Å²) < 4.78 is 4.68. The molecule has 0 aromatic heterocycles. The van der Waals surface area contributed by atoms with Gasteiger partial charge in [0.1, 0.15) is 12.6 Å². The van der Waals surface area contributed by atoms with Crippen molar-refractivity contribution in [1.82, 2.24) is 10.2 Å². The van der Waals surface area contributed by atoms with Gasteiger partial charge in [0.15, 0.2) is 0 Å². The van der Waals surface area contributed by atoms with E-state index in [1.807, 2.05) is 0 Å². The number of hydrogen-bond acceptors (Lipinski definition) is 4. The Morgan fingerprint density at radius 1 is 1.64 bits per heavy atom. The minimum absolute atomic E-state index is 0.0657. The number of carboxylic acids is 1. The minimum Gasteiger partial charge on any atom is -0.480 e. The maximum atomic E-state index is 11.4. The fourth-order valence-electron chi connectivity index (χ4n) is 1.43. The standard InChI is InChI=1S/C8H14N2O4/c1-14-5-7(11)10-3-2-9-4-6(10)8(12)13/h6,9H,2-5H2,1H3,(H,12,13). The Kier molecular flexibility index (Phi) is 3.84. The number of aliphatic carboxylic acids is 1. The Labute approximate surface area is 81.8 Å². The van der Waals surface area contributed by atoms with Crippen LogP contribution in [0, 0.1) is 0 Å². The zero-order valence-electron chi connectivity index (χ0n) is 8.02. The number of nitrogens with one attached hydrogen (secondary N) is 1. The number of amides is 1. The average molecular weight is 202 g/mol. The first-order valence-electron chi connectivity index (χ1n) is 4.38. The van der Waals surface area contributed by atoms with Crippen molar-refractivity contribution in [2.24, 2.45) is 0 Å². The van der Waals surface area contributed by atoms with Crippen molar-refractivity contribution in [3.63, 3.8) is 0 Å². The lowest BCUT2D eigenvalue weighted by Crippen LogP contribution is -2.57. The first kappa shape index (κ1) is 10.9. The second-order valence-corrected chi connectivity index (χ2v) is 3.08. The summed E-state index contributed by atoms with van der Waals surface area (Å²) in [7, 11) is 1.41. The highest BCUT2D eigenvalue weighted by atomic mass is 16.5. The van der Waals surface area contributed by atoms with Gasteiger partial charge in [0.2, 0.25) is 5.91 Å². The predicted octanol–water partition coefficient (Wildman–Crippen LogP) is -1.48. The van der Waals surface area contributed by atoms with Crippen molar-refractivity contribution in [1.29, 1.82) is 0 Å². The fraction of sp³-hybridized carbons (Fsp3) is 0.750. The monoisotopic (exact) mass is 202 g/mol. The number of methoxy groups -OCH3 is 1. The second-order valence-electron chi connectivity index (χ2n) is 3.08. The molecule has 0 bridgehead atoms. The van der Waals surface area contributed by atoms with E-state index >= 15 is 0 Å². The Hall–Kier alpha value is -1.14. The van der Waals surface area contributed by atoms with Gasteiger partial charge in [0.25, 0.3) is 0 Å². The van der Waals surface area contributed by atoms with Gasteiger partial charge in [-0.15, -0.1) is 0 Å². The highest BCUT2D eigenvalue weighted by Gasteiger charge is 2.31. The molecule has 80 valence electrons. The van der Waals surface area contributed by atoms with E-state index in [1.54, 1.807) is 0 Å². The zero-order valence-corrected chi connectivity index (χ0v) is 8.02. The molecule has 0 spiro atoms. The fourth-order valence-corrected chi connectivity index (χ4v) is 1.43. The molecule has 1 atom stereocenters. The molecule has 6 heteroatoms. The molecule has 0 aliphatic carbocycles. The topological polar surface area (TPSA) is 78.9 Å². The summed E-state index contributed by atoms with van der Waals surface area (Å²) in [6.07, 6.45) is 0. The lowest BCUT2D eigenvalue weighted by Gasteiger charge is -2.33. The molecule has 6 nitrogen and oxygen atoms in total. The lowest BCUT2D eigenvalue weighted by molar-refractivity contribution is -0.152. The highest BCUT2D eigenvalue weighted by Crippen LogP contribution is 2.04. The number of carboxylic acid groups (broad SMARTS) is 1. The predicted molar refractivity (Wildman–Crippen MR) is 47.9 cm³/mol. The smallest absolute Gasteiger partial charge is 0.327 e. The third-order valence-corrected chi connectivity index (χ3v) is 2.12. The normalized spacial score (nSPS) is 22.1. The van der Waals surface area contributed by atoms with Crippen LogP contribution in [0.5, 0.6) is 0 Å². The summed E-state index contributed by atoms with van der Waals surface area (Å²) in [5.41, 5.74) is 0. The molecule has 1 rings (SSSR count). The summed E-state index contributed by atoms with van der Waals surface area (Å²) in [6, 6.07) is -0.772. The van der Waals surface area contributed by atoms with Gasteiger partial charge in [-0.25, -0.2) is 4.79 Å². The van der Waals surface area contributed by atoms with E-state index in [0.29, 0.717) is 19.6 Å². The van der Waals surface area contributed by atoms with Gasteiger partial charge in [-0.2, -0.15) is 0 Å². The molecule has 14 heavy (non-hydrogen) atoms. The van der Waals surface area contributed by atoms with Crippen molar-refractivity contribution in [3.8, 4) is 0 Å². The number of rotatable bonds is 3. The molecule has 0 aromatic carbocycles. The van der Waals surface area contributed by atoms with Crippen molar-refractivity contribution in [2.45, 2.75) is 6.04 Å². The minimum atomic E-state index is -0.985. The molecule has 1 saturated heterocycles. The summed E-state index contributed by atoms with van der Waals surface area (Å²) in [4.78, 5) is 23.6. The van der Waals surface area contributed by atoms with Gasteiger partial charge in [-0.3, -0.25) is 4.79 Å². The zero-order chi connectivity index (χ0) is 10.6. The first-order valence-corrected chi connectivity index (χ1v) is 4.38. The average Bonchev–Trinajstić information content (AvgIpc) is 2.18. The molecule has 0 aromatic rings. The first-order chi connectivity index (χ1) is 6.66. The number of carbonyl (C=O) groups excluding carboxylic acids is 1. The van der Waals surface area contributed by atoms with Gasteiger partial charge in [-0.05, 0) is 0 Å². The third-order valence-electron chi connectivity index (χ3n) is 2.12. The molecule has 1 aliphatic heterocycles. The van der Waals surface area contributed by atoms with Crippen LogP contribution in [0.1, 0.15) is 0 Å². The van der Waals surface area contributed by atoms with E-state index in [4.69, 9.17) is 5.11 Å². The maximum absolute atomic E-state index is 11.4. The number of hydrogen-bond donors (Lipinski definition) is 2. The summed E-state index contributed by atoms with van der Waals surface area (Å²) in [5.74, 6) is -1.26. The number of piperazine rings is 1. The van der Waals surface area contributed by atoms with Crippen LogP contribution in [0.25, 0.3) is 0 Å². The van der Waals surface area contributed by atoms with Crippen molar-refractivity contribution in [3.05, 3.63) is 0 Å². The van der Waals surface area contributed by atoms with Crippen LogP contribution < -0.4 is 5.32 Å². The van der Waals surface area contributed by atoms with E-state index in [-0.39, 0.29) is 12.5 Å². The molecule has 1 heterocycles. The molecular weight excluding hydrogens is 188 g/mol. The Morgan fingerprint density at radius 3 is 2.93 bits per heavy atom. The van der Waals surface area contributed by atoms with Crippen molar-refractivity contribution < 1.29 is 19.4 Å². The van der Waals surface area contributed by atoms with Gasteiger partial charge >= 0.3 is 5.97 Å². The highest BCUT2D eigenvalue weighted by molar-refractivity contribution is 5.84. The van der Waals surface area contributed by atoms with Crippen molar-refractivity contribution in [2.75, 3.05) is 33.4 Å². The molecular formula is C8H14N2O4. The van der Waals surface area contributed by atoms with Crippen LogP contribution >= 0.6 is 0 Å². The Balaban J connectivity index is 2.62. The van der Waals surface area contributed by atoms with E-state index in [9.17, 15) is 9.59 Å². The molecule has 1 aliphatic rings. The van der Waals surface area contributed by atoms with Gasteiger partial charge < -0.3 is 20.1 Å². The quantitative estimate of drug-likeness (QED) is 0.583. The summed E-state index contributed by atoms with van der Waals surface area (Å²) in [5, 5.41) is 11.8. The Morgan fingerprint density at radius 2 is 2.36 bits per heavy atom. The lowest BCUT2D eigenvalue weighted by atomic mass is 10.2. The van der Waals surface area contributed by atoms with Crippen LogP contribution in [-0.4, -0.2) is 61.3 Å². The molecule has 2 N–H and O–H groups in total. The number of carbonyl (C=O) groups is 2. The van der Waals surface area contributed by atoms with E-state index < -0.39 is 12.0 Å². The molecule has 1 unspecified atom stereocenters. The third kappa shape index (κ3) is 2.43. The van der Waals surface area contributed by atoms with E-state index in [2.05, 4.69) is 10.1 Å². The molecule has 0 saturated carbocycles. The van der Waals surface area contributed by atoms with Crippen LogP contribution in [-0.2, 0) is 14.3 Å². The Bertz CT molecular complexity index is 231. The largest absolute Gasteiger partial charge is 0.480 e. The van der Waals surface area contributed by atoms with E-state index in [0.717, 1.165) is 0 Å². The SMILES string of the molecule is COCC(=O)N1CCNCC1C(=O)O. The molecule has 1 amide bonds. The second kappa shape index (κ2) is 4.92. The van der Waals surface area contributed by atoms with E-state index in [1.165, 1.54) is 12.0 Å². The van der Waals surface area contributed by atoms with Gasteiger partial charge in [0.05, 0.1) is 0 Å². The summed E-state index contributed by atoms with van der Waals surface area (Å²) >= 11 is 0. The van der Waals surface area contributed by atoms with Crippen LogP contribution in [0.2, 0.25) is 0 Å². The number of nitrogens with zero attached hydrogens (tertiary/aromatic N) is 1. The maximum Gasteiger partial charge on any atom is 0.327 e. The summed E-state index contributed by atoms with van der Waals surface area (Å²) in [6.45, 7) is 1.27. The van der Waals surface area contributed by atoms with Crippen LogP contribution in [0.4, 0.5) is 0 Å². The van der Waals surface area contributed by atoms with Gasteiger partial charge in [0, 0.05) is 26.7 Å². The van der Waals surface area contributed by atoms with Gasteiger partial charge in [-0.1, -0.05) is 0 Å². The van der Waals surface area contributed by atoms with Crippen molar-refractivity contribution >= 4 is 11.9 Å².